The van der Waals surface area contributed by atoms with Crippen LogP contribution in [0.4, 0.5) is 11.4 Å². The number of fused-ring (bicyclic) bond motifs is 1. The zero-order valence-electron chi connectivity index (χ0n) is 14.9. The Morgan fingerprint density at radius 2 is 1.54 bits per heavy atom. The van der Waals surface area contributed by atoms with Crippen LogP contribution in [0.3, 0.4) is 0 Å². The number of hydrogen-bond acceptors (Lipinski definition) is 2. The molecule has 2 aromatic carbocycles. The number of rotatable bonds is 2. The van der Waals surface area contributed by atoms with Gasteiger partial charge in [0.15, 0.2) is 0 Å². The van der Waals surface area contributed by atoms with Crippen molar-refractivity contribution in [3.8, 4) is 0 Å². The number of aromatic nitrogens is 1. The van der Waals surface area contributed by atoms with Gasteiger partial charge in [-0.15, -0.1) is 0 Å². The number of anilines is 2. The Hall–Kier alpha value is -2.07. The molecule has 0 radical (unpaired) electrons. The molecule has 3 rings (SSSR count). The summed E-state index contributed by atoms with van der Waals surface area (Å²) in [5.74, 6) is 0.00468. The Labute approximate surface area is 152 Å². The van der Waals surface area contributed by atoms with Gasteiger partial charge in [-0.2, -0.15) is 0 Å². The number of nitrogens with zero attached hydrogens (tertiary/aromatic N) is 1. The number of carbonyl (C=O) groups is 1. The first kappa shape index (κ1) is 20.0. The summed E-state index contributed by atoms with van der Waals surface area (Å²) >= 11 is 3.42. The lowest BCUT2D eigenvalue weighted by Gasteiger charge is -2.04. The van der Waals surface area contributed by atoms with Gasteiger partial charge in [-0.05, 0) is 30.3 Å². The highest BCUT2D eigenvalue weighted by Crippen LogP contribution is 2.29. The molecule has 0 aliphatic heterocycles. The van der Waals surface area contributed by atoms with Crippen LogP contribution in [0.25, 0.3) is 10.9 Å². The van der Waals surface area contributed by atoms with Crippen molar-refractivity contribution in [3.05, 3.63) is 59.2 Å². The molecule has 0 saturated carbocycles. The Bertz CT molecular complexity index is 776. The molecule has 3 aromatic rings. The van der Waals surface area contributed by atoms with Crippen molar-refractivity contribution < 1.29 is 4.79 Å². The summed E-state index contributed by atoms with van der Waals surface area (Å²) < 4.78 is 2.70. The van der Waals surface area contributed by atoms with E-state index in [1.807, 2.05) is 82.4 Å². The van der Waals surface area contributed by atoms with Gasteiger partial charge in [0.25, 0.3) is 0 Å². The largest absolute Gasteiger partial charge is 0.354 e. The molecule has 0 spiro atoms. The minimum atomic E-state index is 0.00468. The van der Waals surface area contributed by atoms with Gasteiger partial charge in [0.1, 0.15) is 0 Å². The molecule has 0 amide bonds. The molecule has 0 aliphatic rings. The molecule has 1 N–H and O–H groups in total. The van der Waals surface area contributed by atoms with Gasteiger partial charge in [-0.25, -0.2) is 0 Å². The van der Waals surface area contributed by atoms with E-state index >= 15 is 0 Å². The lowest BCUT2D eigenvalue weighted by molar-refractivity contribution is 0.0942. The van der Waals surface area contributed by atoms with Crippen LogP contribution in [0.5, 0.6) is 0 Å². The van der Waals surface area contributed by atoms with Gasteiger partial charge in [0.2, 0.25) is 5.91 Å². The van der Waals surface area contributed by atoms with Crippen LogP contribution >= 0.6 is 15.9 Å². The maximum absolute atomic E-state index is 11.7. The van der Waals surface area contributed by atoms with Crippen molar-refractivity contribution in [1.29, 1.82) is 0 Å². The summed E-state index contributed by atoms with van der Waals surface area (Å²) in [6, 6.07) is 15.8. The summed E-state index contributed by atoms with van der Waals surface area (Å²) in [7, 11) is 0. The van der Waals surface area contributed by atoms with E-state index in [2.05, 4.69) is 21.2 Å². The number of carbonyl (C=O) groups excluding carboxylic acids is 1. The smallest absolute Gasteiger partial charge is 0.228 e. The monoisotopic (exact) mass is 388 g/mol. The summed E-state index contributed by atoms with van der Waals surface area (Å²) in [4.78, 5) is 11.7. The van der Waals surface area contributed by atoms with Gasteiger partial charge in [0, 0.05) is 28.7 Å². The van der Waals surface area contributed by atoms with Crippen molar-refractivity contribution in [3.63, 3.8) is 0 Å². The predicted molar refractivity (Wildman–Crippen MR) is 108 cm³/mol. The highest BCUT2D eigenvalue weighted by Gasteiger charge is 2.10. The van der Waals surface area contributed by atoms with Crippen molar-refractivity contribution >= 4 is 44.1 Å². The average molecular weight is 389 g/mol. The molecule has 128 valence electrons. The maximum atomic E-state index is 11.7. The third-order valence-corrected chi connectivity index (χ3v) is 3.70. The molecular formula is C20H25BrN2O. The topological polar surface area (TPSA) is 34.0 Å². The summed E-state index contributed by atoms with van der Waals surface area (Å²) in [6.45, 7) is 9.57. The fourth-order valence-corrected chi connectivity index (χ4v) is 2.49. The average Bonchev–Trinajstić information content (AvgIpc) is 3.00. The molecule has 1 heterocycles. The molecule has 0 atom stereocenters. The molecule has 0 aliphatic carbocycles. The van der Waals surface area contributed by atoms with E-state index in [1.165, 1.54) is 0 Å². The van der Waals surface area contributed by atoms with Crippen molar-refractivity contribution in [2.24, 2.45) is 0 Å². The molecule has 0 unspecified atom stereocenters. The van der Waals surface area contributed by atoms with Crippen molar-refractivity contribution in [2.45, 2.75) is 34.6 Å². The lowest BCUT2D eigenvalue weighted by atomic mass is 10.2. The zero-order valence-corrected chi connectivity index (χ0v) is 16.5. The Kier molecular flexibility index (Phi) is 8.27. The standard InChI is InChI=1S/C16H13BrN2O.2C2H6/c1-11(20)19-10-15(14-4-2-3-5-16(14)19)18-13-8-6-12(17)7-9-13;2*1-2/h2-10,18H,1H3;2*1-2H3. The molecule has 4 heteroatoms. The number of para-hydroxylation sites is 1. The molecule has 24 heavy (non-hydrogen) atoms. The Morgan fingerprint density at radius 3 is 2.12 bits per heavy atom. The fraction of sp³-hybridized carbons (Fsp3) is 0.250. The minimum Gasteiger partial charge on any atom is -0.354 e. The third-order valence-electron chi connectivity index (χ3n) is 3.17. The van der Waals surface area contributed by atoms with Crippen LogP contribution in [0.1, 0.15) is 39.4 Å². The first-order valence-electron chi connectivity index (χ1n) is 8.29. The summed E-state index contributed by atoms with van der Waals surface area (Å²) in [5, 5.41) is 4.39. The Morgan fingerprint density at radius 1 is 0.958 bits per heavy atom. The fourth-order valence-electron chi connectivity index (χ4n) is 2.23. The van der Waals surface area contributed by atoms with E-state index in [-0.39, 0.29) is 5.91 Å². The molecule has 3 nitrogen and oxygen atoms in total. The highest BCUT2D eigenvalue weighted by molar-refractivity contribution is 9.10. The molecule has 0 saturated heterocycles. The number of halogens is 1. The lowest BCUT2D eigenvalue weighted by Crippen LogP contribution is -2.02. The van der Waals surface area contributed by atoms with E-state index in [4.69, 9.17) is 0 Å². The molecular weight excluding hydrogens is 364 g/mol. The normalized spacial score (nSPS) is 9.42. The van der Waals surface area contributed by atoms with Crippen molar-refractivity contribution in [1.82, 2.24) is 4.57 Å². The first-order chi connectivity index (χ1) is 11.6. The van der Waals surface area contributed by atoms with E-state index in [0.717, 1.165) is 26.8 Å². The van der Waals surface area contributed by atoms with Gasteiger partial charge < -0.3 is 5.32 Å². The minimum absolute atomic E-state index is 0.00468. The third kappa shape index (κ3) is 4.71. The molecule has 1 aromatic heterocycles. The van der Waals surface area contributed by atoms with Crippen molar-refractivity contribution in [2.75, 3.05) is 5.32 Å². The number of benzene rings is 2. The maximum Gasteiger partial charge on any atom is 0.228 e. The second-order valence-corrected chi connectivity index (χ2v) is 5.50. The molecule has 0 bridgehead atoms. The Balaban J connectivity index is 0.000000671. The van der Waals surface area contributed by atoms with Gasteiger partial charge in [-0.1, -0.05) is 61.8 Å². The van der Waals surface area contributed by atoms with Crippen LogP contribution in [0, 0.1) is 0 Å². The van der Waals surface area contributed by atoms with Crippen LogP contribution < -0.4 is 5.32 Å². The van der Waals surface area contributed by atoms with E-state index < -0.39 is 0 Å². The summed E-state index contributed by atoms with van der Waals surface area (Å²) in [6.07, 6.45) is 1.84. The van der Waals surface area contributed by atoms with Gasteiger partial charge in [0.05, 0.1) is 11.2 Å². The van der Waals surface area contributed by atoms with Crippen LogP contribution in [-0.4, -0.2) is 10.5 Å². The highest BCUT2D eigenvalue weighted by atomic mass is 79.9. The van der Waals surface area contributed by atoms with Gasteiger partial charge >= 0.3 is 0 Å². The quantitative estimate of drug-likeness (QED) is 0.519. The van der Waals surface area contributed by atoms with Crippen LogP contribution in [0.2, 0.25) is 0 Å². The number of nitrogens with one attached hydrogen (secondary N) is 1. The van der Waals surface area contributed by atoms with E-state index in [1.54, 1.807) is 11.5 Å². The van der Waals surface area contributed by atoms with E-state index in [0.29, 0.717) is 0 Å². The SMILES string of the molecule is CC.CC.CC(=O)n1cc(Nc2ccc(Br)cc2)c2ccccc21. The van der Waals surface area contributed by atoms with Crippen LogP contribution in [-0.2, 0) is 0 Å². The number of hydrogen-bond donors (Lipinski definition) is 1. The van der Waals surface area contributed by atoms with Crippen LogP contribution in [0.15, 0.2) is 59.2 Å². The molecule has 0 fully saturated rings. The first-order valence-corrected chi connectivity index (χ1v) is 9.08. The second kappa shape index (κ2) is 9.93. The second-order valence-electron chi connectivity index (χ2n) is 4.58. The van der Waals surface area contributed by atoms with Gasteiger partial charge in [-0.3, -0.25) is 9.36 Å². The van der Waals surface area contributed by atoms with E-state index in [9.17, 15) is 4.79 Å². The summed E-state index contributed by atoms with van der Waals surface area (Å²) in [5.41, 5.74) is 2.83. The predicted octanol–water partition coefficient (Wildman–Crippen LogP) is 6.86. The zero-order chi connectivity index (χ0) is 18.1.